The Bertz CT molecular complexity index is 735. The lowest BCUT2D eigenvalue weighted by molar-refractivity contribution is -0.126. The molecule has 0 unspecified atom stereocenters. The van der Waals surface area contributed by atoms with Gasteiger partial charge in [0.25, 0.3) is 5.91 Å². The van der Waals surface area contributed by atoms with Crippen molar-refractivity contribution in [3.8, 4) is 0 Å². The van der Waals surface area contributed by atoms with Gasteiger partial charge in [-0.1, -0.05) is 29.3 Å². The van der Waals surface area contributed by atoms with Crippen LogP contribution in [0, 0.1) is 0 Å². The van der Waals surface area contributed by atoms with Gasteiger partial charge in [0, 0.05) is 22.7 Å². The number of anilines is 1. The zero-order chi connectivity index (χ0) is 17.1. The molecule has 0 aliphatic carbocycles. The third kappa shape index (κ3) is 3.89. The molecule has 0 spiro atoms. The van der Waals surface area contributed by atoms with Crippen molar-refractivity contribution in [1.82, 2.24) is 9.78 Å². The zero-order valence-corrected chi connectivity index (χ0v) is 14.4. The number of nitrogens with two attached hydrogens (primary N) is 1. The Balaban J connectivity index is 1.68. The van der Waals surface area contributed by atoms with Gasteiger partial charge in [-0.15, -0.1) is 0 Å². The van der Waals surface area contributed by atoms with E-state index in [1.165, 1.54) is 0 Å². The molecule has 1 aromatic heterocycles. The number of nitrogens with one attached hydrogen (secondary N) is 1. The summed E-state index contributed by atoms with van der Waals surface area (Å²) in [5.74, 6) is 0.403. The van der Waals surface area contributed by atoms with Gasteiger partial charge in [0.1, 0.15) is 11.9 Å². The van der Waals surface area contributed by atoms with Crippen molar-refractivity contribution in [3.63, 3.8) is 0 Å². The minimum absolute atomic E-state index is 0.0430. The lowest BCUT2D eigenvalue weighted by atomic mass is 10.2. The Kier molecular flexibility index (Phi) is 5.40. The SMILES string of the molecule is NC[C@H]1CC[C@@H](C(=O)Nc2ccnn2Cc2ccc(Cl)cc2Cl)O1. The number of hydrogen-bond acceptors (Lipinski definition) is 4. The van der Waals surface area contributed by atoms with Crippen LogP contribution in [0.1, 0.15) is 18.4 Å². The molecule has 128 valence electrons. The topological polar surface area (TPSA) is 82.2 Å². The number of nitrogens with zero attached hydrogens (tertiary/aromatic N) is 2. The fourth-order valence-corrected chi connectivity index (χ4v) is 3.12. The largest absolute Gasteiger partial charge is 0.364 e. The van der Waals surface area contributed by atoms with Crippen molar-refractivity contribution in [2.45, 2.75) is 31.6 Å². The Hall–Kier alpha value is -1.60. The molecule has 24 heavy (non-hydrogen) atoms. The van der Waals surface area contributed by atoms with Crippen molar-refractivity contribution < 1.29 is 9.53 Å². The average Bonchev–Trinajstić information content (AvgIpc) is 3.19. The number of hydrogen-bond donors (Lipinski definition) is 2. The molecule has 8 heteroatoms. The van der Waals surface area contributed by atoms with Gasteiger partial charge in [-0.25, -0.2) is 4.68 Å². The highest BCUT2D eigenvalue weighted by atomic mass is 35.5. The minimum atomic E-state index is -0.471. The second-order valence-electron chi connectivity index (χ2n) is 5.66. The zero-order valence-electron chi connectivity index (χ0n) is 12.9. The van der Waals surface area contributed by atoms with Crippen LogP contribution in [-0.4, -0.2) is 34.4 Å². The van der Waals surface area contributed by atoms with Gasteiger partial charge in [0.2, 0.25) is 0 Å². The van der Waals surface area contributed by atoms with Crippen LogP contribution < -0.4 is 11.1 Å². The normalized spacial score (nSPS) is 20.3. The fourth-order valence-electron chi connectivity index (χ4n) is 2.65. The maximum Gasteiger partial charge on any atom is 0.254 e. The van der Waals surface area contributed by atoms with Gasteiger partial charge < -0.3 is 15.8 Å². The van der Waals surface area contributed by atoms with Crippen molar-refractivity contribution in [3.05, 3.63) is 46.1 Å². The maximum absolute atomic E-state index is 12.3. The smallest absolute Gasteiger partial charge is 0.254 e. The number of carbonyl (C=O) groups excluding carboxylic acids is 1. The highest BCUT2D eigenvalue weighted by molar-refractivity contribution is 6.35. The summed E-state index contributed by atoms with van der Waals surface area (Å²) in [7, 11) is 0. The van der Waals surface area contributed by atoms with Gasteiger partial charge in [-0.05, 0) is 30.5 Å². The van der Waals surface area contributed by atoms with E-state index in [0.29, 0.717) is 35.4 Å². The predicted molar refractivity (Wildman–Crippen MR) is 93.4 cm³/mol. The van der Waals surface area contributed by atoms with Crippen molar-refractivity contribution >= 4 is 34.9 Å². The van der Waals surface area contributed by atoms with E-state index in [1.54, 1.807) is 29.1 Å². The summed E-state index contributed by atoms with van der Waals surface area (Å²) >= 11 is 12.1. The molecule has 3 N–H and O–H groups in total. The fraction of sp³-hybridized carbons (Fsp3) is 0.375. The molecule has 1 aromatic carbocycles. The lowest BCUT2D eigenvalue weighted by Gasteiger charge is -2.14. The van der Waals surface area contributed by atoms with E-state index < -0.39 is 6.10 Å². The van der Waals surface area contributed by atoms with Gasteiger partial charge in [0.05, 0.1) is 18.8 Å². The molecule has 6 nitrogen and oxygen atoms in total. The number of amides is 1. The third-order valence-corrected chi connectivity index (χ3v) is 4.55. The van der Waals surface area contributed by atoms with Crippen molar-refractivity contribution in [2.24, 2.45) is 5.73 Å². The first-order chi connectivity index (χ1) is 11.6. The Morgan fingerprint density at radius 2 is 2.21 bits per heavy atom. The number of ether oxygens (including phenoxy) is 1. The van der Waals surface area contributed by atoms with Crippen LogP contribution in [0.25, 0.3) is 0 Å². The summed E-state index contributed by atoms with van der Waals surface area (Å²) in [5, 5.41) is 8.22. The Morgan fingerprint density at radius 1 is 1.38 bits per heavy atom. The molecule has 1 amide bonds. The van der Waals surface area contributed by atoms with Gasteiger partial charge >= 0.3 is 0 Å². The lowest BCUT2D eigenvalue weighted by Crippen LogP contribution is -2.30. The van der Waals surface area contributed by atoms with E-state index in [4.69, 9.17) is 33.7 Å². The molecule has 0 bridgehead atoms. The van der Waals surface area contributed by atoms with Crippen LogP contribution in [0.3, 0.4) is 0 Å². The van der Waals surface area contributed by atoms with Crippen LogP contribution >= 0.6 is 23.2 Å². The number of halogens is 2. The minimum Gasteiger partial charge on any atom is -0.364 e. The number of carbonyl (C=O) groups is 1. The second-order valence-corrected chi connectivity index (χ2v) is 6.50. The van der Waals surface area contributed by atoms with Crippen LogP contribution in [0.4, 0.5) is 5.82 Å². The summed E-state index contributed by atoms with van der Waals surface area (Å²) < 4.78 is 7.28. The highest BCUT2D eigenvalue weighted by Gasteiger charge is 2.30. The standard InChI is InChI=1S/C16H18Cl2N4O2/c17-11-2-1-10(13(18)7-11)9-22-15(5-6-20-22)21-16(23)14-4-3-12(8-19)24-14/h1-2,5-7,12,14H,3-4,8-9,19H2,(H,21,23)/t12-,14+/m1/s1. The molecule has 1 aliphatic rings. The quantitative estimate of drug-likeness (QED) is 0.849. The summed E-state index contributed by atoms with van der Waals surface area (Å²) in [6.07, 6.45) is 2.58. The molecule has 0 radical (unpaired) electrons. The van der Waals surface area contributed by atoms with Crippen LogP contribution in [-0.2, 0) is 16.1 Å². The summed E-state index contributed by atoms with van der Waals surface area (Å²) in [4.78, 5) is 12.3. The second kappa shape index (κ2) is 7.53. The Labute approximate surface area is 149 Å². The summed E-state index contributed by atoms with van der Waals surface area (Å²) in [6.45, 7) is 0.854. The van der Waals surface area contributed by atoms with Gasteiger partial charge in [-0.3, -0.25) is 4.79 Å². The van der Waals surface area contributed by atoms with E-state index in [0.717, 1.165) is 12.0 Å². The molecule has 1 saturated heterocycles. The summed E-state index contributed by atoms with van der Waals surface area (Å²) in [5.41, 5.74) is 6.44. The van der Waals surface area contributed by atoms with Crippen LogP contribution in [0.5, 0.6) is 0 Å². The summed E-state index contributed by atoms with van der Waals surface area (Å²) in [6, 6.07) is 7.02. The number of rotatable bonds is 5. The molecule has 2 heterocycles. The van der Waals surface area contributed by atoms with Crippen molar-refractivity contribution in [1.29, 1.82) is 0 Å². The molecule has 2 atom stereocenters. The predicted octanol–water partition coefficient (Wildman–Crippen LogP) is 2.68. The third-order valence-electron chi connectivity index (χ3n) is 3.97. The Morgan fingerprint density at radius 3 is 2.92 bits per heavy atom. The molecule has 2 aromatic rings. The molecule has 3 rings (SSSR count). The van der Waals surface area contributed by atoms with E-state index in [-0.39, 0.29) is 12.0 Å². The van der Waals surface area contributed by atoms with E-state index in [2.05, 4.69) is 10.4 Å². The molecular formula is C16H18Cl2N4O2. The first kappa shape index (κ1) is 17.2. The van der Waals surface area contributed by atoms with E-state index in [9.17, 15) is 4.79 Å². The van der Waals surface area contributed by atoms with Gasteiger partial charge in [-0.2, -0.15) is 5.10 Å². The van der Waals surface area contributed by atoms with E-state index >= 15 is 0 Å². The highest BCUT2D eigenvalue weighted by Crippen LogP contribution is 2.24. The van der Waals surface area contributed by atoms with Crippen molar-refractivity contribution in [2.75, 3.05) is 11.9 Å². The van der Waals surface area contributed by atoms with Gasteiger partial charge in [0.15, 0.2) is 0 Å². The molecule has 0 saturated carbocycles. The first-order valence-corrected chi connectivity index (χ1v) is 8.44. The molecule has 1 aliphatic heterocycles. The maximum atomic E-state index is 12.3. The molecular weight excluding hydrogens is 351 g/mol. The molecule has 1 fully saturated rings. The number of aromatic nitrogens is 2. The number of benzene rings is 1. The monoisotopic (exact) mass is 368 g/mol. The average molecular weight is 369 g/mol. The van der Waals surface area contributed by atoms with E-state index in [1.807, 2.05) is 6.07 Å². The van der Waals surface area contributed by atoms with Crippen LogP contribution in [0.2, 0.25) is 10.0 Å². The first-order valence-electron chi connectivity index (χ1n) is 7.69. The van der Waals surface area contributed by atoms with Crippen LogP contribution in [0.15, 0.2) is 30.5 Å².